The van der Waals surface area contributed by atoms with E-state index in [1.54, 1.807) is 13.1 Å². The molecular weight excluding hydrogens is 246 g/mol. The Balaban J connectivity index is 2.24. The Kier molecular flexibility index (Phi) is 3.56. The average Bonchev–Trinajstić information content (AvgIpc) is 2.41. The zero-order valence-electron chi connectivity index (χ0n) is 10.5. The minimum atomic E-state index is -0.351. The smallest absolute Gasteiger partial charge is 0.264 e. The van der Waals surface area contributed by atoms with Crippen molar-refractivity contribution in [3.8, 4) is 0 Å². The van der Waals surface area contributed by atoms with Crippen LogP contribution in [0.1, 0.15) is 16.1 Å². The molecule has 7 heteroatoms. The van der Waals surface area contributed by atoms with Gasteiger partial charge in [0.25, 0.3) is 11.5 Å². The Hall–Kier alpha value is -2.70. The maximum absolute atomic E-state index is 12.1. The molecule has 0 aliphatic rings. The predicted octanol–water partition coefficient (Wildman–Crippen LogP) is 0.767. The first-order valence-corrected chi connectivity index (χ1v) is 5.61. The van der Waals surface area contributed by atoms with Gasteiger partial charge in [0.1, 0.15) is 0 Å². The van der Waals surface area contributed by atoms with Crippen LogP contribution in [0.2, 0.25) is 0 Å². The van der Waals surface area contributed by atoms with Crippen molar-refractivity contribution in [2.24, 2.45) is 0 Å². The van der Waals surface area contributed by atoms with Gasteiger partial charge in [0.15, 0.2) is 5.82 Å². The molecule has 2 rings (SSSR count). The van der Waals surface area contributed by atoms with E-state index >= 15 is 0 Å². The molecular formula is C12H13N5O2. The van der Waals surface area contributed by atoms with Gasteiger partial charge >= 0.3 is 0 Å². The zero-order chi connectivity index (χ0) is 13.8. The lowest BCUT2D eigenvalue weighted by Crippen LogP contribution is -2.17. The van der Waals surface area contributed by atoms with Gasteiger partial charge in [-0.2, -0.15) is 5.10 Å². The van der Waals surface area contributed by atoms with Crippen LogP contribution in [0, 0.1) is 6.92 Å². The van der Waals surface area contributed by atoms with Crippen LogP contribution in [0.5, 0.6) is 0 Å². The van der Waals surface area contributed by atoms with E-state index in [0.29, 0.717) is 11.3 Å². The lowest BCUT2D eigenvalue weighted by atomic mass is 10.2. The van der Waals surface area contributed by atoms with Gasteiger partial charge in [-0.25, -0.2) is 5.10 Å². The molecule has 7 nitrogen and oxygen atoms in total. The van der Waals surface area contributed by atoms with Crippen molar-refractivity contribution in [2.45, 2.75) is 6.92 Å². The first-order valence-electron chi connectivity index (χ1n) is 5.61. The highest BCUT2D eigenvalue weighted by Crippen LogP contribution is 2.16. The number of hydrogen-bond acceptors (Lipinski definition) is 5. The summed E-state index contributed by atoms with van der Waals surface area (Å²) >= 11 is 0. The van der Waals surface area contributed by atoms with Gasteiger partial charge in [0.2, 0.25) is 0 Å². The van der Waals surface area contributed by atoms with E-state index in [2.05, 4.69) is 25.8 Å². The molecule has 0 aromatic carbocycles. The predicted molar refractivity (Wildman–Crippen MR) is 71.3 cm³/mol. The summed E-state index contributed by atoms with van der Waals surface area (Å²) in [7, 11) is 1.73. The minimum Gasteiger partial charge on any atom is -0.387 e. The molecule has 0 saturated carbocycles. The Labute approximate surface area is 109 Å². The van der Waals surface area contributed by atoms with Crippen LogP contribution in [0.3, 0.4) is 0 Å². The molecule has 2 heterocycles. The van der Waals surface area contributed by atoms with E-state index in [9.17, 15) is 9.59 Å². The molecule has 98 valence electrons. The lowest BCUT2D eigenvalue weighted by molar-refractivity contribution is 0.102. The lowest BCUT2D eigenvalue weighted by Gasteiger charge is -2.09. The van der Waals surface area contributed by atoms with Gasteiger partial charge in [-0.05, 0) is 19.1 Å². The molecule has 0 fully saturated rings. The first kappa shape index (κ1) is 12.7. The highest BCUT2D eigenvalue weighted by molar-refractivity contribution is 6.07. The molecule has 0 atom stereocenters. The molecule has 0 saturated heterocycles. The van der Waals surface area contributed by atoms with Crippen molar-refractivity contribution in [3.05, 3.63) is 46.0 Å². The molecule has 2 aromatic rings. The fraction of sp³-hybridized carbons (Fsp3) is 0.167. The van der Waals surface area contributed by atoms with Gasteiger partial charge in [0, 0.05) is 25.0 Å². The summed E-state index contributed by atoms with van der Waals surface area (Å²) in [6.07, 6.45) is 1.49. The van der Waals surface area contributed by atoms with Crippen molar-refractivity contribution < 1.29 is 4.79 Å². The highest BCUT2D eigenvalue weighted by Gasteiger charge is 2.12. The van der Waals surface area contributed by atoms with Crippen molar-refractivity contribution >= 4 is 17.4 Å². The quantitative estimate of drug-likeness (QED) is 0.756. The molecule has 0 radical (unpaired) electrons. The van der Waals surface area contributed by atoms with E-state index in [1.165, 1.54) is 18.3 Å². The van der Waals surface area contributed by atoms with Gasteiger partial charge in [-0.3, -0.25) is 14.6 Å². The number of aryl methyl sites for hydroxylation is 1. The van der Waals surface area contributed by atoms with Crippen LogP contribution in [0.4, 0.5) is 11.5 Å². The minimum absolute atomic E-state index is 0.271. The average molecular weight is 259 g/mol. The van der Waals surface area contributed by atoms with Crippen molar-refractivity contribution in [1.29, 1.82) is 0 Å². The van der Waals surface area contributed by atoms with Crippen LogP contribution in [-0.4, -0.2) is 28.1 Å². The number of nitrogens with zero attached hydrogens (tertiary/aromatic N) is 2. The maximum Gasteiger partial charge on any atom is 0.264 e. The molecule has 0 aliphatic heterocycles. The topological polar surface area (TPSA) is 99.8 Å². The van der Waals surface area contributed by atoms with Crippen LogP contribution >= 0.6 is 0 Å². The summed E-state index contributed by atoms with van der Waals surface area (Å²) in [5.41, 5.74) is 1.56. The molecule has 1 amide bonds. The van der Waals surface area contributed by atoms with Crippen LogP contribution in [0.15, 0.2) is 29.2 Å². The number of hydrogen-bond donors (Lipinski definition) is 3. The summed E-state index contributed by atoms with van der Waals surface area (Å²) in [6, 6.07) is 4.49. The Morgan fingerprint density at radius 2 is 2.16 bits per heavy atom. The SMILES string of the molecule is CNc1cc(C)ncc1C(=O)Nc1ccc(=O)[nH]n1. The first-order chi connectivity index (χ1) is 9.10. The third-order valence-electron chi connectivity index (χ3n) is 2.48. The van der Waals surface area contributed by atoms with Crippen molar-refractivity contribution in [3.63, 3.8) is 0 Å². The zero-order valence-corrected chi connectivity index (χ0v) is 10.5. The fourth-order valence-electron chi connectivity index (χ4n) is 1.55. The number of anilines is 2. The number of carbonyl (C=O) groups is 1. The second-order valence-electron chi connectivity index (χ2n) is 3.88. The second-order valence-corrected chi connectivity index (χ2v) is 3.88. The monoisotopic (exact) mass is 259 g/mol. The van der Waals surface area contributed by atoms with Gasteiger partial charge in [-0.1, -0.05) is 0 Å². The number of H-pyrrole nitrogens is 1. The summed E-state index contributed by atoms with van der Waals surface area (Å²) in [5, 5.41) is 11.5. The Bertz CT molecular complexity index is 645. The molecule has 0 bridgehead atoms. The number of aromatic nitrogens is 3. The van der Waals surface area contributed by atoms with Crippen LogP contribution in [0.25, 0.3) is 0 Å². The van der Waals surface area contributed by atoms with Gasteiger partial charge < -0.3 is 10.6 Å². The molecule has 0 spiro atoms. The number of rotatable bonds is 3. The number of carbonyl (C=O) groups excluding carboxylic acids is 1. The van der Waals surface area contributed by atoms with Gasteiger partial charge in [-0.15, -0.1) is 0 Å². The van der Waals surface area contributed by atoms with Crippen LogP contribution in [-0.2, 0) is 0 Å². The summed E-state index contributed by atoms with van der Waals surface area (Å²) < 4.78 is 0. The van der Waals surface area contributed by atoms with Crippen molar-refractivity contribution in [1.82, 2.24) is 15.2 Å². The molecule has 0 unspecified atom stereocenters. The normalized spacial score (nSPS) is 10.0. The van der Waals surface area contributed by atoms with E-state index in [-0.39, 0.29) is 17.3 Å². The standard InChI is InChI=1S/C12H13N5O2/c1-7-5-9(13-2)8(6-14-7)12(19)15-10-3-4-11(18)17-16-10/h3-6H,1-2H3,(H,13,14)(H,17,18)(H,15,16,19). The summed E-state index contributed by atoms with van der Waals surface area (Å²) in [6.45, 7) is 1.84. The fourth-order valence-corrected chi connectivity index (χ4v) is 1.55. The van der Waals surface area contributed by atoms with E-state index in [0.717, 1.165) is 5.69 Å². The second kappa shape index (κ2) is 5.30. The number of pyridine rings is 1. The number of nitrogens with one attached hydrogen (secondary N) is 3. The summed E-state index contributed by atoms with van der Waals surface area (Å²) in [4.78, 5) is 27.0. The third kappa shape index (κ3) is 2.95. The molecule has 3 N–H and O–H groups in total. The largest absolute Gasteiger partial charge is 0.387 e. The maximum atomic E-state index is 12.1. The van der Waals surface area contributed by atoms with E-state index in [1.807, 2.05) is 6.92 Å². The summed E-state index contributed by atoms with van der Waals surface area (Å²) in [5.74, 6) is -0.0800. The number of aromatic amines is 1. The van der Waals surface area contributed by atoms with E-state index in [4.69, 9.17) is 0 Å². The number of amides is 1. The van der Waals surface area contributed by atoms with E-state index < -0.39 is 0 Å². The van der Waals surface area contributed by atoms with Crippen molar-refractivity contribution in [2.75, 3.05) is 17.7 Å². The molecule has 2 aromatic heterocycles. The van der Waals surface area contributed by atoms with Crippen LogP contribution < -0.4 is 16.2 Å². The van der Waals surface area contributed by atoms with Gasteiger partial charge in [0.05, 0.1) is 11.3 Å². The Morgan fingerprint density at radius 3 is 2.79 bits per heavy atom. The molecule has 0 aliphatic carbocycles. The Morgan fingerprint density at radius 1 is 1.37 bits per heavy atom. The third-order valence-corrected chi connectivity index (χ3v) is 2.48. The molecule has 19 heavy (non-hydrogen) atoms. The highest BCUT2D eigenvalue weighted by atomic mass is 16.2.